The number of hydrogen-bond donors (Lipinski definition) is 1. The van der Waals surface area contributed by atoms with Crippen molar-refractivity contribution in [2.75, 3.05) is 26.2 Å². The van der Waals surface area contributed by atoms with Crippen molar-refractivity contribution >= 4 is 5.91 Å². The molecule has 1 N–H and O–H groups in total. The second-order valence-electron chi connectivity index (χ2n) is 5.65. The molecule has 1 aromatic carbocycles. The first-order chi connectivity index (χ1) is 11.5. The predicted molar refractivity (Wildman–Crippen MR) is 81.3 cm³/mol. The van der Waals surface area contributed by atoms with Crippen molar-refractivity contribution in [3.8, 4) is 0 Å². The second kappa shape index (κ2) is 6.64. The lowest BCUT2D eigenvalue weighted by Gasteiger charge is -2.39. The molecule has 1 aromatic heterocycles. The number of rotatable bonds is 3. The number of aromatic amines is 1. The van der Waals surface area contributed by atoms with Gasteiger partial charge in [-0.15, -0.1) is 0 Å². The van der Waals surface area contributed by atoms with E-state index < -0.39 is 12.2 Å². The lowest BCUT2D eigenvalue weighted by Crippen LogP contribution is -2.52. The van der Waals surface area contributed by atoms with Crippen LogP contribution in [-0.4, -0.2) is 58.3 Å². The summed E-state index contributed by atoms with van der Waals surface area (Å²) in [6.45, 7) is 0.826. The zero-order chi connectivity index (χ0) is 17.2. The van der Waals surface area contributed by atoms with Gasteiger partial charge in [-0.2, -0.15) is 18.3 Å². The summed E-state index contributed by atoms with van der Waals surface area (Å²) < 4.78 is 40.6. The molecule has 1 amide bonds. The number of H-pyrrole nitrogens is 1. The summed E-state index contributed by atoms with van der Waals surface area (Å²) in [6.07, 6.45) is -2.89. The fourth-order valence-electron chi connectivity index (χ4n) is 2.97. The Labute approximate surface area is 137 Å². The summed E-state index contributed by atoms with van der Waals surface area (Å²) in [4.78, 5) is 15.1. The fourth-order valence-corrected chi connectivity index (χ4v) is 2.97. The molecular weight excluding hydrogens is 321 g/mol. The zero-order valence-corrected chi connectivity index (χ0v) is 12.8. The number of halogens is 3. The van der Waals surface area contributed by atoms with Gasteiger partial charge in [0.1, 0.15) is 11.7 Å². The first-order valence-electron chi connectivity index (χ1n) is 7.61. The Hall–Kier alpha value is -2.35. The molecular formula is C16H17F3N4O. The van der Waals surface area contributed by atoms with Crippen LogP contribution in [-0.2, 0) is 0 Å². The Bertz CT molecular complexity index is 664. The molecule has 24 heavy (non-hydrogen) atoms. The minimum Gasteiger partial charge on any atom is -0.335 e. The molecule has 8 heteroatoms. The van der Waals surface area contributed by atoms with E-state index in [2.05, 4.69) is 10.2 Å². The maximum atomic E-state index is 13.5. The normalized spacial score (nSPS) is 17.7. The number of carbonyl (C=O) groups excluding carboxylic acids is 1. The van der Waals surface area contributed by atoms with E-state index in [9.17, 15) is 18.0 Å². The van der Waals surface area contributed by atoms with E-state index in [1.165, 1.54) is 23.2 Å². The second-order valence-corrected chi connectivity index (χ2v) is 5.65. The van der Waals surface area contributed by atoms with E-state index in [4.69, 9.17) is 0 Å². The van der Waals surface area contributed by atoms with Gasteiger partial charge < -0.3 is 4.90 Å². The number of nitrogens with one attached hydrogen (secondary N) is 1. The summed E-state index contributed by atoms with van der Waals surface area (Å²) in [5.74, 6) is -0.240. The molecule has 2 heterocycles. The fraction of sp³-hybridized carbons (Fsp3) is 0.375. The molecule has 3 rings (SSSR count). The largest absolute Gasteiger partial charge is 0.408 e. The van der Waals surface area contributed by atoms with Gasteiger partial charge in [0.2, 0.25) is 0 Å². The smallest absolute Gasteiger partial charge is 0.335 e. The van der Waals surface area contributed by atoms with Crippen LogP contribution in [0.25, 0.3) is 0 Å². The van der Waals surface area contributed by atoms with Crippen LogP contribution < -0.4 is 0 Å². The molecule has 0 spiro atoms. The summed E-state index contributed by atoms with van der Waals surface area (Å²) in [5, 5.41) is 6.31. The maximum absolute atomic E-state index is 13.5. The van der Waals surface area contributed by atoms with Gasteiger partial charge in [-0.3, -0.25) is 14.8 Å². The molecule has 0 bridgehead atoms. The summed E-state index contributed by atoms with van der Waals surface area (Å²) in [6, 6.07) is 7.77. The van der Waals surface area contributed by atoms with Crippen molar-refractivity contribution in [1.82, 2.24) is 20.0 Å². The van der Waals surface area contributed by atoms with E-state index >= 15 is 0 Å². The average molecular weight is 338 g/mol. The van der Waals surface area contributed by atoms with Crippen LogP contribution in [0.3, 0.4) is 0 Å². The number of hydrogen-bond acceptors (Lipinski definition) is 3. The van der Waals surface area contributed by atoms with Crippen molar-refractivity contribution in [2.45, 2.75) is 12.2 Å². The molecule has 1 saturated heterocycles. The predicted octanol–water partition coefficient (Wildman–Crippen LogP) is 2.47. The minimum atomic E-state index is -4.36. The van der Waals surface area contributed by atoms with Gasteiger partial charge in [-0.25, -0.2) is 0 Å². The van der Waals surface area contributed by atoms with Crippen molar-refractivity contribution < 1.29 is 18.0 Å². The quantitative estimate of drug-likeness (QED) is 0.935. The first kappa shape index (κ1) is 16.5. The van der Waals surface area contributed by atoms with Crippen molar-refractivity contribution in [3.05, 3.63) is 53.9 Å². The summed E-state index contributed by atoms with van der Waals surface area (Å²) >= 11 is 0. The van der Waals surface area contributed by atoms with Gasteiger partial charge in [0.25, 0.3) is 5.91 Å². The van der Waals surface area contributed by atoms with Gasteiger partial charge in [0.05, 0.1) is 0 Å². The van der Waals surface area contributed by atoms with Crippen LogP contribution in [0.1, 0.15) is 22.1 Å². The molecule has 1 fully saturated rings. The van der Waals surface area contributed by atoms with E-state index in [1.54, 1.807) is 29.2 Å². The maximum Gasteiger partial charge on any atom is 0.408 e. The number of benzene rings is 1. The minimum absolute atomic E-state index is 0.166. The molecule has 2 aromatic rings. The van der Waals surface area contributed by atoms with Crippen LogP contribution in [0.15, 0.2) is 42.6 Å². The highest BCUT2D eigenvalue weighted by Crippen LogP contribution is 2.38. The summed E-state index contributed by atoms with van der Waals surface area (Å²) in [7, 11) is 0. The molecule has 128 valence electrons. The third-order valence-electron chi connectivity index (χ3n) is 4.12. The average Bonchev–Trinajstić information content (AvgIpc) is 3.09. The Kier molecular flexibility index (Phi) is 4.57. The van der Waals surface area contributed by atoms with Crippen LogP contribution in [0.5, 0.6) is 0 Å². The Morgan fingerprint density at radius 3 is 2.29 bits per heavy atom. The molecule has 0 unspecified atom stereocenters. The Morgan fingerprint density at radius 1 is 1.08 bits per heavy atom. The summed E-state index contributed by atoms with van der Waals surface area (Å²) in [5.41, 5.74) is 0.567. The van der Waals surface area contributed by atoms with E-state index in [0.717, 1.165) is 0 Å². The highest BCUT2D eigenvalue weighted by Gasteiger charge is 2.45. The monoisotopic (exact) mass is 338 g/mol. The van der Waals surface area contributed by atoms with E-state index in [1.807, 2.05) is 0 Å². The molecule has 1 atom stereocenters. The van der Waals surface area contributed by atoms with Gasteiger partial charge >= 0.3 is 6.18 Å². The molecule has 5 nitrogen and oxygen atoms in total. The third kappa shape index (κ3) is 3.43. The SMILES string of the molecule is O=C(c1ccn[nH]1)N1CCN([C@H](c2ccccc2)C(F)(F)F)CC1. The lowest BCUT2D eigenvalue weighted by atomic mass is 10.0. The Morgan fingerprint density at radius 2 is 1.75 bits per heavy atom. The lowest BCUT2D eigenvalue weighted by molar-refractivity contribution is -0.189. The number of alkyl halides is 3. The number of aromatic nitrogens is 2. The highest BCUT2D eigenvalue weighted by molar-refractivity contribution is 5.92. The molecule has 0 radical (unpaired) electrons. The van der Waals surface area contributed by atoms with Crippen LogP contribution >= 0.6 is 0 Å². The van der Waals surface area contributed by atoms with Crippen LogP contribution in [0.2, 0.25) is 0 Å². The number of nitrogens with zero attached hydrogens (tertiary/aromatic N) is 3. The van der Waals surface area contributed by atoms with Crippen LogP contribution in [0, 0.1) is 0 Å². The molecule has 1 aliphatic rings. The standard InChI is InChI=1S/C16H17F3N4O/c17-16(18,19)14(12-4-2-1-3-5-12)22-8-10-23(11-9-22)15(24)13-6-7-20-21-13/h1-7,14H,8-11H2,(H,20,21)/t14-/m1/s1. The topological polar surface area (TPSA) is 52.2 Å². The third-order valence-corrected chi connectivity index (χ3v) is 4.12. The first-order valence-corrected chi connectivity index (χ1v) is 7.61. The Balaban J connectivity index is 1.71. The van der Waals surface area contributed by atoms with Gasteiger partial charge in [0.15, 0.2) is 0 Å². The molecule has 0 aliphatic carbocycles. The number of amides is 1. The molecule has 0 saturated carbocycles. The van der Waals surface area contributed by atoms with Gasteiger partial charge in [-0.1, -0.05) is 30.3 Å². The van der Waals surface area contributed by atoms with Gasteiger partial charge in [-0.05, 0) is 11.6 Å². The number of piperazine rings is 1. The zero-order valence-electron chi connectivity index (χ0n) is 12.8. The molecule has 1 aliphatic heterocycles. The van der Waals surface area contributed by atoms with Crippen molar-refractivity contribution in [3.63, 3.8) is 0 Å². The van der Waals surface area contributed by atoms with E-state index in [0.29, 0.717) is 5.69 Å². The van der Waals surface area contributed by atoms with Crippen molar-refractivity contribution in [2.24, 2.45) is 0 Å². The van der Waals surface area contributed by atoms with Crippen LogP contribution in [0.4, 0.5) is 13.2 Å². The van der Waals surface area contributed by atoms with Crippen molar-refractivity contribution in [1.29, 1.82) is 0 Å². The van der Waals surface area contributed by atoms with E-state index in [-0.39, 0.29) is 37.6 Å². The van der Waals surface area contributed by atoms with Gasteiger partial charge in [0, 0.05) is 32.4 Å². The number of carbonyl (C=O) groups is 1. The highest BCUT2D eigenvalue weighted by atomic mass is 19.4.